The van der Waals surface area contributed by atoms with Gasteiger partial charge in [-0.3, -0.25) is 10.1 Å². The lowest BCUT2D eigenvalue weighted by molar-refractivity contribution is -0.384. The fourth-order valence-corrected chi connectivity index (χ4v) is 1.16. The van der Waals surface area contributed by atoms with Crippen molar-refractivity contribution in [3.8, 4) is 0 Å². The molecule has 0 amide bonds. The van der Waals surface area contributed by atoms with Crippen molar-refractivity contribution in [3.63, 3.8) is 0 Å². The van der Waals surface area contributed by atoms with E-state index < -0.39 is 4.92 Å². The first-order valence-corrected chi connectivity index (χ1v) is 4.26. The second-order valence-electron chi connectivity index (χ2n) is 2.98. The number of nitro groups is 1. The average Bonchev–Trinajstić information content (AvgIpc) is 2.18. The molecule has 0 saturated heterocycles. The van der Waals surface area contributed by atoms with Crippen molar-refractivity contribution in [1.29, 1.82) is 0 Å². The van der Waals surface area contributed by atoms with Crippen molar-refractivity contribution in [3.05, 3.63) is 52.6 Å². The maximum atomic E-state index is 10.4. The van der Waals surface area contributed by atoms with E-state index in [1.165, 1.54) is 12.1 Å². The third-order valence-corrected chi connectivity index (χ3v) is 1.95. The minimum absolute atomic E-state index is 0.0829. The Morgan fingerprint density at radius 1 is 1.50 bits per heavy atom. The molecule has 0 heterocycles. The molecule has 0 aliphatic carbocycles. The maximum Gasteiger partial charge on any atom is 0.269 e. The quantitative estimate of drug-likeness (QED) is 0.451. The predicted molar refractivity (Wildman–Crippen MR) is 54.8 cm³/mol. The van der Waals surface area contributed by atoms with Gasteiger partial charge in [0.05, 0.1) is 4.92 Å². The first-order valence-electron chi connectivity index (χ1n) is 4.26. The van der Waals surface area contributed by atoms with Crippen LogP contribution in [-0.2, 0) is 0 Å². The van der Waals surface area contributed by atoms with Crippen LogP contribution < -0.4 is 5.73 Å². The topological polar surface area (TPSA) is 69.2 Å². The Hall–Kier alpha value is -1.68. The molecule has 1 atom stereocenters. The molecule has 74 valence electrons. The molecule has 0 radical (unpaired) electrons. The highest BCUT2D eigenvalue weighted by molar-refractivity contribution is 5.34. The van der Waals surface area contributed by atoms with Gasteiger partial charge in [0.1, 0.15) is 0 Å². The molecular formula is C10H12N2O2. The molecule has 1 rings (SSSR count). The summed E-state index contributed by atoms with van der Waals surface area (Å²) in [7, 11) is 0. The molecule has 1 aromatic rings. The summed E-state index contributed by atoms with van der Waals surface area (Å²) in [5.41, 5.74) is 6.76. The van der Waals surface area contributed by atoms with Crippen molar-refractivity contribution in [2.45, 2.75) is 12.5 Å². The molecule has 1 aromatic carbocycles. The van der Waals surface area contributed by atoms with Gasteiger partial charge >= 0.3 is 0 Å². The molecule has 0 unspecified atom stereocenters. The summed E-state index contributed by atoms with van der Waals surface area (Å²) < 4.78 is 0. The van der Waals surface area contributed by atoms with Gasteiger partial charge < -0.3 is 5.73 Å². The summed E-state index contributed by atoms with van der Waals surface area (Å²) in [6.45, 7) is 3.58. The maximum absolute atomic E-state index is 10.4. The Labute approximate surface area is 82.2 Å². The van der Waals surface area contributed by atoms with Crippen LogP contribution in [0.25, 0.3) is 0 Å². The zero-order valence-electron chi connectivity index (χ0n) is 7.72. The van der Waals surface area contributed by atoms with E-state index in [0.29, 0.717) is 6.42 Å². The van der Waals surface area contributed by atoms with Crippen LogP contribution in [0.3, 0.4) is 0 Å². The molecule has 4 heteroatoms. The van der Waals surface area contributed by atoms with Crippen molar-refractivity contribution in [1.82, 2.24) is 0 Å². The summed E-state index contributed by atoms with van der Waals surface area (Å²) in [6.07, 6.45) is 2.39. The third-order valence-electron chi connectivity index (χ3n) is 1.95. The highest BCUT2D eigenvalue weighted by atomic mass is 16.6. The second-order valence-corrected chi connectivity index (χ2v) is 2.98. The lowest BCUT2D eigenvalue weighted by Gasteiger charge is -2.08. The van der Waals surface area contributed by atoms with Crippen LogP contribution in [0.15, 0.2) is 36.9 Å². The van der Waals surface area contributed by atoms with Crippen LogP contribution in [0.1, 0.15) is 18.0 Å². The summed E-state index contributed by atoms with van der Waals surface area (Å²) in [6, 6.07) is 6.13. The zero-order chi connectivity index (χ0) is 10.6. The summed E-state index contributed by atoms with van der Waals surface area (Å²) in [5.74, 6) is 0. The highest BCUT2D eigenvalue weighted by Crippen LogP contribution is 2.18. The molecule has 4 nitrogen and oxygen atoms in total. The third kappa shape index (κ3) is 2.40. The number of nitrogens with two attached hydrogens (primary N) is 1. The van der Waals surface area contributed by atoms with E-state index in [1.54, 1.807) is 18.2 Å². The van der Waals surface area contributed by atoms with Gasteiger partial charge in [0.2, 0.25) is 0 Å². The van der Waals surface area contributed by atoms with Crippen LogP contribution in [0.5, 0.6) is 0 Å². The second kappa shape index (κ2) is 4.53. The van der Waals surface area contributed by atoms with Crippen molar-refractivity contribution >= 4 is 5.69 Å². The van der Waals surface area contributed by atoms with Crippen LogP contribution in [-0.4, -0.2) is 4.92 Å². The molecular weight excluding hydrogens is 180 g/mol. The normalized spacial score (nSPS) is 12.1. The van der Waals surface area contributed by atoms with Gasteiger partial charge in [-0.05, 0) is 12.0 Å². The lowest BCUT2D eigenvalue weighted by Crippen LogP contribution is -2.08. The molecule has 0 aliphatic rings. The Balaban J connectivity index is 2.82. The first kappa shape index (κ1) is 10.4. The van der Waals surface area contributed by atoms with Crippen LogP contribution in [0.4, 0.5) is 5.69 Å². The number of nitro benzene ring substituents is 1. The number of nitrogens with zero attached hydrogens (tertiary/aromatic N) is 1. The van der Waals surface area contributed by atoms with Crippen molar-refractivity contribution in [2.24, 2.45) is 5.73 Å². The number of hydrogen-bond acceptors (Lipinski definition) is 3. The zero-order valence-corrected chi connectivity index (χ0v) is 7.72. The standard InChI is InChI=1S/C10H12N2O2/c1-2-3-10(11)8-4-6-9(7-5-8)12(13)14/h2,4-7,10H,1,3,11H2/t10-/m0/s1. The fraction of sp³-hybridized carbons (Fsp3) is 0.200. The summed E-state index contributed by atoms with van der Waals surface area (Å²) in [4.78, 5) is 9.94. The first-order chi connectivity index (χ1) is 6.65. The van der Waals surface area contributed by atoms with Gasteiger partial charge in [0.25, 0.3) is 5.69 Å². The summed E-state index contributed by atoms with van der Waals surface area (Å²) in [5, 5.41) is 10.4. The van der Waals surface area contributed by atoms with E-state index >= 15 is 0 Å². The lowest BCUT2D eigenvalue weighted by atomic mass is 10.0. The van der Waals surface area contributed by atoms with Gasteiger partial charge in [0, 0.05) is 18.2 Å². The minimum atomic E-state index is -0.428. The Bertz CT molecular complexity index is 332. The molecule has 0 saturated carbocycles. The van der Waals surface area contributed by atoms with E-state index in [9.17, 15) is 10.1 Å². The van der Waals surface area contributed by atoms with E-state index in [4.69, 9.17) is 5.73 Å². The van der Waals surface area contributed by atoms with E-state index in [-0.39, 0.29) is 11.7 Å². The molecule has 0 bridgehead atoms. The molecule has 0 fully saturated rings. The molecule has 0 spiro atoms. The van der Waals surface area contributed by atoms with Gasteiger partial charge in [-0.2, -0.15) is 0 Å². The van der Waals surface area contributed by atoms with Gasteiger partial charge in [0.15, 0.2) is 0 Å². The Morgan fingerprint density at radius 3 is 2.50 bits per heavy atom. The SMILES string of the molecule is C=CC[C@H](N)c1ccc([N+](=O)[O-])cc1. The van der Waals surface area contributed by atoms with Gasteiger partial charge in [-0.15, -0.1) is 6.58 Å². The van der Waals surface area contributed by atoms with Crippen LogP contribution >= 0.6 is 0 Å². The molecule has 14 heavy (non-hydrogen) atoms. The average molecular weight is 192 g/mol. The highest BCUT2D eigenvalue weighted by Gasteiger charge is 2.07. The number of rotatable bonds is 4. The number of non-ortho nitro benzene ring substituents is 1. The van der Waals surface area contributed by atoms with Crippen molar-refractivity contribution in [2.75, 3.05) is 0 Å². The van der Waals surface area contributed by atoms with Gasteiger partial charge in [-0.1, -0.05) is 18.2 Å². The van der Waals surface area contributed by atoms with E-state index in [0.717, 1.165) is 5.56 Å². The predicted octanol–water partition coefficient (Wildman–Crippen LogP) is 2.17. The fourth-order valence-electron chi connectivity index (χ4n) is 1.16. The van der Waals surface area contributed by atoms with E-state index in [2.05, 4.69) is 6.58 Å². The molecule has 0 aliphatic heterocycles. The van der Waals surface area contributed by atoms with Crippen LogP contribution in [0.2, 0.25) is 0 Å². The summed E-state index contributed by atoms with van der Waals surface area (Å²) >= 11 is 0. The molecule has 2 N–H and O–H groups in total. The number of hydrogen-bond donors (Lipinski definition) is 1. The monoisotopic (exact) mass is 192 g/mol. The van der Waals surface area contributed by atoms with E-state index in [1.807, 2.05) is 0 Å². The Morgan fingerprint density at radius 2 is 2.07 bits per heavy atom. The van der Waals surface area contributed by atoms with Crippen molar-refractivity contribution < 1.29 is 4.92 Å². The number of benzene rings is 1. The minimum Gasteiger partial charge on any atom is -0.324 e. The Kier molecular flexibility index (Phi) is 3.36. The van der Waals surface area contributed by atoms with Gasteiger partial charge in [-0.25, -0.2) is 0 Å². The largest absolute Gasteiger partial charge is 0.324 e. The smallest absolute Gasteiger partial charge is 0.269 e. The molecule has 0 aromatic heterocycles. The van der Waals surface area contributed by atoms with Crippen LogP contribution in [0, 0.1) is 10.1 Å².